The van der Waals surface area contributed by atoms with Crippen LogP contribution in [0.15, 0.2) is 446 Å². The summed E-state index contributed by atoms with van der Waals surface area (Å²) in [6, 6.07) is 151. The van der Waals surface area contributed by atoms with Gasteiger partial charge in [0, 0.05) is 82.6 Å². The summed E-state index contributed by atoms with van der Waals surface area (Å²) in [5.41, 5.74) is 30.3. The van der Waals surface area contributed by atoms with Gasteiger partial charge in [0.25, 0.3) is 0 Å². The number of halogens is 1. The van der Waals surface area contributed by atoms with E-state index in [1.165, 1.54) is 33.0 Å². The van der Waals surface area contributed by atoms with Gasteiger partial charge in [0.05, 0.1) is 27.1 Å². The molecule has 0 spiro atoms. The number of hydrogen-bond acceptors (Lipinski definition) is 8. The number of fused-ring (bicyclic) bond motifs is 12. The number of para-hydroxylation sites is 2. The molecule has 24 rings (SSSR count). The Morgan fingerprint density at radius 3 is 0.905 bits per heavy atom. The molecule has 5 heterocycles. The Hall–Kier alpha value is -16.3. The van der Waals surface area contributed by atoms with E-state index in [-0.39, 0.29) is 7.43 Å². The molecule has 596 valence electrons. The molecule has 10 heteroatoms. The lowest BCUT2D eigenvalue weighted by molar-refractivity contribution is 0.670. The van der Waals surface area contributed by atoms with Crippen LogP contribution in [0.5, 0.6) is 0 Å². The van der Waals surface area contributed by atoms with Crippen LogP contribution < -0.4 is 0 Å². The van der Waals surface area contributed by atoms with Crippen molar-refractivity contribution in [1.29, 1.82) is 0 Å². The molecule has 0 N–H and O–H groups in total. The zero-order valence-electron chi connectivity index (χ0n) is 67.6. The second kappa shape index (κ2) is 33.6. The van der Waals surface area contributed by atoms with Gasteiger partial charge in [-0.3, -0.25) is 0 Å². The Bertz CT molecular complexity index is 7770. The Labute approximate surface area is 734 Å². The highest BCUT2D eigenvalue weighted by Crippen LogP contribution is 2.50. The lowest BCUT2D eigenvalue weighted by atomic mass is 9.94. The molecule has 1 aliphatic rings. The fraction of sp³-hybridized carbons (Fsp3) is 0.0172. The zero-order valence-corrected chi connectivity index (χ0v) is 68.4. The molecule has 18 aromatic carbocycles. The number of benzene rings is 18. The van der Waals surface area contributed by atoms with Crippen LogP contribution in [0.3, 0.4) is 0 Å². The van der Waals surface area contributed by atoms with E-state index < -0.39 is 0 Å². The van der Waals surface area contributed by atoms with E-state index >= 15 is 0 Å². The van der Waals surface area contributed by atoms with E-state index in [0.29, 0.717) is 40.0 Å². The molecule has 0 bridgehead atoms. The number of nitrogens with zero attached hydrogens (tertiary/aromatic N) is 7. The molecular formula is C116H78ClN7O2. The van der Waals surface area contributed by atoms with Crippen molar-refractivity contribution in [3.63, 3.8) is 0 Å². The van der Waals surface area contributed by atoms with Gasteiger partial charge in [0.2, 0.25) is 0 Å². The van der Waals surface area contributed by atoms with Crippen molar-refractivity contribution in [2.45, 2.75) is 13.8 Å². The Kier molecular flexibility index (Phi) is 20.5. The minimum atomic E-state index is 0. The van der Waals surface area contributed by atoms with Gasteiger partial charge in [0.15, 0.2) is 34.9 Å². The minimum Gasteiger partial charge on any atom is -0.455 e. The van der Waals surface area contributed by atoms with E-state index in [9.17, 15) is 0 Å². The highest BCUT2D eigenvalue weighted by atomic mass is 35.5. The lowest BCUT2D eigenvalue weighted by Crippen LogP contribution is -2.00. The molecular weight excluding hydrogens is 1560 g/mol. The summed E-state index contributed by atoms with van der Waals surface area (Å²) in [6.45, 7) is 0. The molecule has 1 aliphatic carbocycles. The molecule has 23 aromatic rings. The van der Waals surface area contributed by atoms with Gasteiger partial charge >= 0.3 is 0 Å². The van der Waals surface area contributed by atoms with Crippen molar-refractivity contribution in [1.82, 2.24) is 34.5 Å². The highest BCUT2D eigenvalue weighted by Gasteiger charge is 2.27. The van der Waals surface area contributed by atoms with E-state index in [1.54, 1.807) is 0 Å². The standard InChI is InChI=1S/C57H36N4O.C45H28ClN3O.C13H10.CH4/c1-5-18-37(19-6-1)43-35-47(38-20-7-2-8-21-38)53-48(36-43)52-51(61-49-30-15-13-28-45(49)46-29-14-16-31-50(46)61)33-32-44(54(52)62-53)41-26-17-27-42(34-41)57-59-55(39-22-9-3-10-23-39)58-56(60-57)40-24-11-4-12-25-40;46-39-25-24-36(42-40(39)38-28-35(29-14-5-1-6-15-29)27-37(41(38)50-42)30-16-7-2-8-17-30)33-22-13-23-34(26-33)45-48-43(31-18-9-3-10-19-31)47-44(49-45)32-20-11-4-12-21-32;1-3-7-12-10(5-1)9-11-6-2-4-8-13(11)12;/h1-36H;1-28H;1-8H,9H2;1H4. The van der Waals surface area contributed by atoms with Crippen molar-refractivity contribution < 1.29 is 8.83 Å². The Morgan fingerprint density at radius 1 is 0.206 bits per heavy atom. The molecule has 0 atom stereocenters. The van der Waals surface area contributed by atoms with Gasteiger partial charge in [-0.2, -0.15) is 0 Å². The van der Waals surface area contributed by atoms with Crippen LogP contribution in [0, 0.1) is 0 Å². The number of aromatic nitrogens is 7. The molecule has 0 unspecified atom stereocenters. The Morgan fingerprint density at radius 2 is 0.508 bits per heavy atom. The first-order valence-corrected chi connectivity index (χ1v) is 42.3. The van der Waals surface area contributed by atoms with E-state index in [2.05, 4.69) is 284 Å². The fourth-order valence-electron chi connectivity index (χ4n) is 17.6. The summed E-state index contributed by atoms with van der Waals surface area (Å²) in [5.74, 6) is 3.67. The molecule has 5 aromatic heterocycles. The third-order valence-corrected chi connectivity index (χ3v) is 23.9. The monoisotopic (exact) mass is 1640 g/mol. The molecule has 0 aliphatic heterocycles. The second-order valence-electron chi connectivity index (χ2n) is 31.2. The van der Waals surface area contributed by atoms with Crippen molar-refractivity contribution in [3.8, 4) is 152 Å². The molecule has 0 saturated heterocycles. The predicted molar refractivity (Wildman–Crippen MR) is 520 cm³/mol. The number of hydrogen-bond donors (Lipinski definition) is 0. The van der Waals surface area contributed by atoms with E-state index in [0.717, 1.165) is 167 Å². The second-order valence-corrected chi connectivity index (χ2v) is 31.6. The minimum absolute atomic E-state index is 0. The van der Waals surface area contributed by atoms with Crippen LogP contribution in [0.25, 0.3) is 218 Å². The molecule has 0 saturated carbocycles. The zero-order chi connectivity index (χ0) is 83.1. The lowest BCUT2D eigenvalue weighted by Gasteiger charge is -2.13. The van der Waals surface area contributed by atoms with Gasteiger partial charge < -0.3 is 13.4 Å². The molecule has 126 heavy (non-hydrogen) atoms. The summed E-state index contributed by atoms with van der Waals surface area (Å²) in [6.07, 6.45) is 1.10. The third kappa shape index (κ3) is 14.6. The van der Waals surface area contributed by atoms with Crippen LogP contribution in [0.1, 0.15) is 18.6 Å². The summed E-state index contributed by atoms with van der Waals surface area (Å²) in [5, 5.41) is 7.00. The first kappa shape index (κ1) is 77.0. The first-order valence-electron chi connectivity index (χ1n) is 41.9. The van der Waals surface area contributed by atoms with Crippen LogP contribution in [-0.2, 0) is 6.42 Å². The first-order chi connectivity index (χ1) is 61.9. The fourth-order valence-corrected chi connectivity index (χ4v) is 17.8. The van der Waals surface area contributed by atoms with Crippen molar-refractivity contribution in [2.24, 2.45) is 0 Å². The normalized spacial score (nSPS) is 11.4. The smallest absolute Gasteiger partial charge is 0.164 e. The maximum Gasteiger partial charge on any atom is 0.164 e. The van der Waals surface area contributed by atoms with Crippen LogP contribution in [0.4, 0.5) is 0 Å². The van der Waals surface area contributed by atoms with Gasteiger partial charge in [0.1, 0.15) is 22.3 Å². The molecule has 9 nitrogen and oxygen atoms in total. The quantitative estimate of drug-likeness (QED) is 0.112. The van der Waals surface area contributed by atoms with Crippen LogP contribution >= 0.6 is 11.6 Å². The summed E-state index contributed by atoms with van der Waals surface area (Å²) < 4.78 is 16.6. The van der Waals surface area contributed by atoms with Crippen molar-refractivity contribution in [3.05, 3.63) is 453 Å². The maximum atomic E-state index is 7.32. The van der Waals surface area contributed by atoms with Gasteiger partial charge in [-0.05, 0) is 146 Å². The average molecular weight is 1640 g/mol. The summed E-state index contributed by atoms with van der Waals surface area (Å²) in [7, 11) is 0. The number of furan rings is 2. The Balaban J connectivity index is 0.000000135. The third-order valence-electron chi connectivity index (χ3n) is 23.5. The van der Waals surface area contributed by atoms with Crippen molar-refractivity contribution in [2.75, 3.05) is 0 Å². The van der Waals surface area contributed by atoms with Crippen LogP contribution in [-0.4, -0.2) is 34.5 Å². The summed E-state index contributed by atoms with van der Waals surface area (Å²) >= 11 is 7.03. The maximum absolute atomic E-state index is 7.32. The molecule has 0 fully saturated rings. The van der Waals surface area contributed by atoms with Crippen LogP contribution in [0.2, 0.25) is 5.02 Å². The average Bonchev–Trinajstić information content (AvgIpc) is 1.56. The van der Waals surface area contributed by atoms with Gasteiger partial charge in [-0.15, -0.1) is 0 Å². The highest BCUT2D eigenvalue weighted by molar-refractivity contribution is 6.39. The van der Waals surface area contributed by atoms with Gasteiger partial charge in [-0.25, -0.2) is 29.9 Å². The topological polar surface area (TPSA) is 109 Å². The van der Waals surface area contributed by atoms with Crippen molar-refractivity contribution >= 4 is 77.3 Å². The predicted octanol–water partition coefficient (Wildman–Crippen LogP) is 31.2. The largest absolute Gasteiger partial charge is 0.455 e. The summed E-state index contributed by atoms with van der Waals surface area (Å²) in [4.78, 5) is 29.9. The number of rotatable bonds is 13. The van der Waals surface area contributed by atoms with E-state index in [1.807, 2.05) is 158 Å². The molecule has 0 amide bonds. The van der Waals surface area contributed by atoms with Gasteiger partial charge in [-0.1, -0.05) is 383 Å². The van der Waals surface area contributed by atoms with E-state index in [4.69, 9.17) is 50.3 Å². The molecule has 0 radical (unpaired) electrons. The SMILES string of the molecule is C.Clc1ccc(-c2cccc(-c3nc(-c4ccccc4)nc(-c4ccccc4)n3)c2)c2oc3c(-c4ccccc4)cc(-c4ccccc4)cc3c12.c1ccc(-c2cc(-c3ccccc3)c3oc4c(-c5cccc(-c6nc(-c7ccccc7)nc(-c7ccccc7)n6)c5)ccc(-n5c6ccccc6c6ccccc65)c4c3c2)cc1.c1ccc2c(c1)Cc1ccccc1-2.